The number of Topliss-reactive ketones (excluding diaryl/α,β-unsaturated/α-hetero) is 1. The first-order valence-electron chi connectivity index (χ1n) is 5.59. The van der Waals surface area contributed by atoms with Gasteiger partial charge in [-0.2, -0.15) is 0 Å². The number of ketones is 1. The van der Waals surface area contributed by atoms with E-state index >= 15 is 0 Å². The molecule has 0 N–H and O–H groups in total. The summed E-state index contributed by atoms with van der Waals surface area (Å²) >= 11 is 0. The molecule has 1 aliphatic rings. The molecular weight excluding hydrogens is 188 g/mol. The fourth-order valence-corrected chi connectivity index (χ4v) is 1.76. The van der Waals surface area contributed by atoms with Crippen LogP contribution >= 0.6 is 0 Å². The fourth-order valence-electron chi connectivity index (χ4n) is 1.76. The second kappa shape index (κ2) is 5.86. The van der Waals surface area contributed by atoms with Gasteiger partial charge >= 0.3 is 0 Å². The van der Waals surface area contributed by atoms with Gasteiger partial charge in [0.25, 0.3) is 0 Å². The predicted molar refractivity (Wildman–Crippen MR) is 61.7 cm³/mol. The normalized spacial score (nSPS) is 16.5. The summed E-state index contributed by atoms with van der Waals surface area (Å²) in [5.41, 5.74) is 2.66. The smallest absolute Gasteiger partial charge is 0.158 e. The lowest BCUT2D eigenvalue weighted by Gasteiger charge is -2.14. The zero-order chi connectivity index (χ0) is 11.3. The highest BCUT2D eigenvalue weighted by atomic mass is 16.5. The molecule has 0 amide bonds. The van der Waals surface area contributed by atoms with Crippen LogP contribution in [0.15, 0.2) is 23.3 Å². The van der Waals surface area contributed by atoms with Crippen molar-refractivity contribution in [2.45, 2.75) is 33.6 Å². The van der Waals surface area contributed by atoms with Crippen molar-refractivity contribution in [1.29, 1.82) is 0 Å². The first-order chi connectivity index (χ1) is 7.15. The number of carbonyl (C=O) groups excluding carboxylic acids is 1. The molecule has 0 bridgehead atoms. The lowest BCUT2D eigenvalue weighted by Crippen LogP contribution is -2.15. The zero-order valence-electron chi connectivity index (χ0n) is 9.88. The summed E-state index contributed by atoms with van der Waals surface area (Å²) in [4.78, 5) is 11.2. The van der Waals surface area contributed by atoms with E-state index in [1.807, 2.05) is 6.92 Å². The highest BCUT2D eigenvalue weighted by molar-refractivity contribution is 5.79. The van der Waals surface area contributed by atoms with Crippen LogP contribution in [0.2, 0.25) is 0 Å². The van der Waals surface area contributed by atoms with Gasteiger partial charge < -0.3 is 4.74 Å². The molecule has 1 aliphatic carbocycles. The lowest BCUT2D eigenvalue weighted by molar-refractivity contribution is -0.123. The summed E-state index contributed by atoms with van der Waals surface area (Å²) in [5.74, 6) is 0.596. The average Bonchev–Trinajstić information content (AvgIpc) is 2.49. The van der Waals surface area contributed by atoms with Crippen molar-refractivity contribution < 1.29 is 9.53 Å². The number of allylic oxidation sites excluding steroid dienone is 2. The van der Waals surface area contributed by atoms with Gasteiger partial charge in [0.15, 0.2) is 5.78 Å². The third-order valence-electron chi connectivity index (χ3n) is 2.78. The molecule has 0 aromatic rings. The van der Waals surface area contributed by atoms with E-state index < -0.39 is 0 Å². The summed E-state index contributed by atoms with van der Waals surface area (Å²) in [6.45, 7) is 7.13. The van der Waals surface area contributed by atoms with E-state index in [4.69, 9.17) is 4.74 Å². The summed E-state index contributed by atoms with van der Waals surface area (Å²) in [7, 11) is 0. The number of ether oxygens (including phenoxy) is 1. The number of carbonyl (C=O) groups is 1. The van der Waals surface area contributed by atoms with Gasteiger partial charge in [-0.1, -0.05) is 30.2 Å². The van der Waals surface area contributed by atoms with Crippen LogP contribution in [0.1, 0.15) is 33.6 Å². The molecule has 2 nitrogen and oxygen atoms in total. The Labute approximate surface area is 92.0 Å². The van der Waals surface area contributed by atoms with Crippen molar-refractivity contribution in [2.24, 2.45) is 5.92 Å². The minimum absolute atomic E-state index is 0.207. The molecule has 0 saturated heterocycles. The maximum Gasteiger partial charge on any atom is 0.158 e. The van der Waals surface area contributed by atoms with Gasteiger partial charge in [-0.3, -0.25) is 4.79 Å². The van der Waals surface area contributed by atoms with E-state index in [-0.39, 0.29) is 12.4 Å². The van der Waals surface area contributed by atoms with E-state index in [1.165, 1.54) is 11.1 Å². The summed E-state index contributed by atoms with van der Waals surface area (Å²) in [5, 5.41) is 0. The Morgan fingerprint density at radius 2 is 1.93 bits per heavy atom. The third-order valence-corrected chi connectivity index (χ3v) is 2.78. The molecule has 0 aliphatic heterocycles. The largest absolute Gasteiger partial charge is 0.373 e. The Hall–Kier alpha value is -0.890. The minimum Gasteiger partial charge on any atom is -0.373 e. The third kappa shape index (κ3) is 3.63. The minimum atomic E-state index is 0.207. The van der Waals surface area contributed by atoms with Crippen LogP contribution in [0, 0.1) is 5.92 Å². The van der Waals surface area contributed by atoms with Crippen LogP contribution in [0.4, 0.5) is 0 Å². The van der Waals surface area contributed by atoms with Crippen molar-refractivity contribution >= 4 is 5.78 Å². The summed E-state index contributed by atoms with van der Waals surface area (Å²) in [6.07, 6.45) is 5.78. The molecule has 0 aromatic heterocycles. The van der Waals surface area contributed by atoms with Crippen LogP contribution in [-0.4, -0.2) is 19.0 Å². The number of rotatable bonds is 6. The fraction of sp³-hybridized carbons (Fsp3) is 0.615. The second-order valence-electron chi connectivity index (χ2n) is 4.18. The maximum absolute atomic E-state index is 11.2. The monoisotopic (exact) mass is 208 g/mol. The van der Waals surface area contributed by atoms with Crippen LogP contribution < -0.4 is 0 Å². The average molecular weight is 208 g/mol. The van der Waals surface area contributed by atoms with Crippen LogP contribution in [0.25, 0.3) is 0 Å². The van der Waals surface area contributed by atoms with Crippen LogP contribution in [-0.2, 0) is 9.53 Å². The quantitative estimate of drug-likeness (QED) is 0.671. The highest BCUT2D eigenvalue weighted by Gasteiger charge is 2.17. The molecule has 0 spiro atoms. The Kier molecular flexibility index (Phi) is 4.76. The maximum atomic E-state index is 11.2. The SMILES string of the molecule is CCCC(=O)COCC1C(C)=CC=C1C. The van der Waals surface area contributed by atoms with Crippen molar-refractivity contribution in [2.75, 3.05) is 13.2 Å². The van der Waals surface area contributed by atoms with Gasteiger partial charge in [-0.25, -0.2) is 0 Å². The summed E-state index contributed by atoms with van der Waals surface area (Å²) < 4.78 is 5.44. The Morgan fingerprint density at radius 3 is 2.47 bits per heavy atom. The molecule has 0 aromatic carbocycles. The highest BCUT2D eigenvalue weighted by Crippen LogP contribution is 2.26. The molecule has 0 saturated carbocycles. The molecule has 0 fully saturated rings. The van der Waals surface area contributed by atoms with E-state index in [1.54, 1.807) is 0 Å². The molecule has 0 atom stereocenters. The standard InChI is InChI=1S/C13H20O2/c1-4-5-12(14)8-15-9-13-10(2)6-7-11(13)3/h6-7,13H,4-5,8-9H2,1-3H3. The van der Waals surface area contributed by atoms with Gasteiger partial charge in [0.2, 0.25) is 0 Å². The van der Waals surface area contributed by atoms with Gasteiger partial charge in [0, 0.05) is 12.3 Å². The second-order valence-corrected chi connectivity index (χ2v) is 4.18. The lowest BCUT2D eigenvalue weighted by atomic mass is 9.99. The number of hydrogen-bond acceptors (Lipinski definition) is 2. The van der Waals surface area contributed by atoms with E-state index in [0.29, 0.717) is 18.9 Å². The van der Waals surface area contributed by atoms with Crippen LogP contribution in [0.3, 0.4) is 0 Å². The number of hydrogen-bond donors (Lipinski definition) is 0. The molecule has 84 valence electrons. The van der Waals surface area contributed by atoms with Crippen molar-refractivity contribution in [3.8, 4) is 0 Å². The Morgan fingerprint density at radius 1 is 1.33 bits per heavy atom. The first kappa shape index (κ1) is 12.2. The molecule has 0 heterocycles. The molecule has 1 rings (SSSR count). The van der Waals surface area contributed by atoms with E-state index in [2.05, 4.69) is 26.0 Å². The molecule has 2 heteroatoms. The molecule has 0 unspecified atom stereocenters. The Balaban J connectivity index is 2.23. The summed E-state index contributed by atoms with van der Waals surface area (Å²) in [6, 6.07) is 0. The zero-order valence-corrected chi connectivity index (χ0v) is 9.88. The van der Waals surface area contributed by atoms with Gasteiger partial charge in [-0.15, -0.1) is 0 Å². The first-order valence-corrected chi connectivity index (χ1v) is 5.59. The van der Waals surface area contributed by atoms with E-state index in [0.717, 1.165) is 6.42 Å². The van der Waals surface area contributed by atoms with Crippen molar-refractivity contribution in [3.05, 3.63) is 23.3 Å². The molecular formula is C13H20O2. The van der Waals surface area contributed by atoms with E-state index in [9.17, 15) is 4.79 Å². The molecule has 0 radical (unpaired) electrons. The van der Waals surface area contributed by atoms with Gasteiger partial charge in [0.1, 0.15) is 6.61 Å². The molecule has 15 heavy (non-hydrogen) atoms. The topological polar surface area (TPSA) is 26.3 Å². The van der Waals surface area contributed by atoms with Crippen LogP contribution in [0.5, 0.6) is 0 Å². The van der Waals surface area contributed by atoms with Crippen molar-refractivity contribution in [1.82, 2.24) is 0 Å². The van der Waals surface area contributed by atoms with Gasteiger partial charge in [-0.05, 0) is 20.3 Å². The van der Waals surface area contributed by atoms with Crippen molar-refractivity contribution in [3.63, 3.8) is 0 Å². The Bertz CT molecular complexity index is 269. The van der Waals surface area contributed by atoms with Gasteiger partial charge in [0.05, 0.1) is 6.61 Å². The predicted octanol–water partition coefficient (Wildman–Crippen LogP) is 2.89.